The van der Waals surface area contributed by atoms with E-state index in [2.05, 4.69) is 4.98 Å². The number of benzene rings is 2. The number of anilines is 1. The minimum Gasteiger partial charge on any atom is -0.450 e. The van der Waals surface area contributed by atoms with Crippen molar-refractivity contribution in [3.63, 3.8) is 0 Å². The number of amides is 1. The van der Waals surface area contributed by atoms with Crippen molar-refractivity contribution in [2.45, 2.75) is 13.0 Å². The van der Waals surface area contributed by atoms with Crippen LogP contribution in [-0.4, -0.2) is 10.9 Å². The molecule has 2 aromatic carbocycles. The highest BCUT2D eigenvalue weighted by molar-refractivity contribution is 7.13. The van der Waals surface area contributed by atoms with Gasteiger partial charge < -0.3 is 4.42 Å². The van der Waals surface area contributed by atoms with E-state index >= 15 is 0 Å². The number of hydrogen-bond acceptors (Lipinski definition) is 5. The summed E-state index contributed by atoms with van der Waals surface area (Å²) in [6.45, 7) is 1.90. The normalized spacial score (nSPS) is 15.9. The van der Waals surface area contributed by atoms with Gasteiger partial charge >= 0.3 is 0 Å². The van der Waals surface area contributed by atoms with Gasteiger partial charge in [0.1, 0.15) is 5.58 Å². The van der Waals surface area contributed by atoms with E-state index in [9.17, 15) is 9.59 Å². The van der Waals surface area contributed by atoms with Crippen LogP contribution in [0.1, 0.15) is 33.3 Å². The second-order valence-corrected chi connectivity index (χ2v) is 8.43. The van der Waals surface area contributed by atoms with E-state index in [4.69, 9.17) is 27.6 Å². The van der Waals surface area contributed by atoms with E-state index < -0.39 is 11.9 Å². The average Bonchev–Trinajstić information content (AvgIpc) is 3.32. The second-order valence-electron chi connectivity index (χ2n) is 6.74. The van der Waals surface area contributed by atoms with Crippen molar-refractivity contribution >= 4 is 56.5 Å². The summed E-state index contributed by atoms with van der Waals surface area (Å²) >= 11 is 13.6. The van der Waals surface area contributed by atoms with Crippen LogP contribution in [0.2, 0.25) is 10.0 Å². The first kappa shape index (κ1) is 18.4. The third-order valence-corrected chi connectivity index (χ3v) is 6.42. The quantitative estimate of drug-likeness (QED) is 0.404. The van der Waals surface area contributed by atoms with Gasteiger partial charge in [-0.2, -0.15) is 0 Å². The number of carbonyl (C=O) groups is 1. The lowest BCUT2D eigenvalue weighted by molar-refractivity contribution is 0.0971. The van der Waals surface area contributed by atoms with E-state index in [1.165, 1.54) is 16.2 Å². The summed E-state index contributed by atoms with van der Waals surface area (Å²) < 4.78 is 5.91. The Balaban J connectivity index is 1.84. The Bertz CT molecular complexity index is 1350. The average molecular weight is 443 g/mol. The highest BCUT2D eigenvalue weighted by Gasteiger charge is 2.44. The number of carbonyl (C=O) groups excluding carboxylic acids is 1. The van der Waals surface area contributed by atoms with Crippen LogP contribution in [0.5, 0.6) is 0 Å². The number of nitrogens with zero attached hydrogens (tertiary/aromatic N) is 2. The molecule has 5 rings (SSSR count). The smallest absolute Gasteiger partial charge is 0.297 e. The molecule has 3 heterocycles. The topological polar surface area (TPSA) is 63.4 Å². The molecule has 0 N–H and O–H groups in total. The Labute approximate surface area is 179 Å². The van der Waals surface area contributed by atoms with Gasteiger partial charge in [0.25, 0.3) is 5.91 Å². The third kappa shape index (κ3) is 2.79. The summed E-state index contributed by atoms with van der Waals surface area (Å²) in [6.07, 6.45) is 1.61. The molecule has 1 unspecified atom stereocenters. The summed E-state index contributed by atoms with van der Waals surface area (Å²) in [5.41, 5.74) is 2.00. The molecule has 0 saturated heterocycles. The first-order valence-electron chi connectivity index (χ1n) is 8.71. The van der Waals surface area contributed by atoms with Crippen molar-refractivity contribution in [3.8, 4) is 0 Å². The number of rotatable bonds is 2. The first-order valence-corrected chi connectivity index (χ1v) is 10.3. The maximum atomic E-state index is 13.5. The fourth-order valence-electron chi connectivity index (χ4n) is 3.62. The Morgan fingerprint density at radius 1 is 1.10 bits per heavy atom. The monoisotopic (exact) mass is 442 g/mol. The molecule has 0 saturated carbocycles. The lowest BCUT2D eigenvalue weighted by Gasteiger charge is -2.22. The van der Waals surface area contributed by atoms with Crippen molar-refractivity contribution in [1.82, 2.24) is 4.98 Å². The Hall–Kier alpha value is -2.67. The van der Waals surface area contributed by atoms with Crippen LogP contribution < -0.4 is 10.3 Å². The number of aromatic nitrogens is 1. The van der Waals surface area contributed by atoms with Gasteiger partial charge in [-0.05, 0) is 36.8 Å². The molecule has 1 atom stereocenters. The molecule has 8 heteroatoms. The maximum Gasteiger partial charge on any atom is 0.297 e. The lowest BCUT2D eigenvalue weighted by atomic mass is 9.98. The van der Waals surface area contributed by atoms with Gasteiger partial charge in [0.05, 0.1) is 27.0 Å². The number of hydrogen-bond donors (Lipinski definition) is 0. The van der Waals surface area contributed by atoms with Crippen LogP contribution in [-0.2, 0) is 0 Å². The molecule has 1 aliphatic rings. The molecule has 0 radical (unpaired) electrons. The molecule has 1 amide bonds. The molecule has 4 aromatic rings. The Morgan fingerprint density at radius 2 is 1.93 bits per heavy atom. The number of aryl methyl sites for hydroxylation is 1. The minimum atomic E-state index is -0.709. The molecule has 5 nitrogen and oxygen atoms in total. The fourth-order valence-corrected chi connectivity index (χ4v) is 4.59. The molecule has 2 aromatic heterocycles. The summed E-state index contributed by atoms with van der Waals surface area (Å²) in [7, 11) is 0. The van der Waals surface area contributed by atoms with Gasteiger partial charge in [-0.15, -0.1) is 11.3 Å². The third-order valence-electron chi connectivity index (χ3n) is 4.91. The lowest BCUT2D eigenvalue weighted by Crippen LogP contribution is -2.29. The van der Waals surface area contributed by atoms with E-state index in [0.29, 0.717) is 31.7 Å². The van der Waals surface area contributed by atoms with Gasteiger partial charge in [0.15, 0.2) is 10.6 Å². The molecule has 0 spiro atoms. The van der Waals surface area contributed by atoms with Crippen LogP contribution in [0.25, 0.3) is 11.0 Å². The predicted molar refractivity (Wildman–Crippen MR) is 114 cm³/mol. The van der Waals surface area contributed by atoms with Crippen LogP contribution in [0.4, 0.5) is 5.13 Å². The van der Waals surface area contributed by atoms with Crippen molar-refractivity contribution < 1.29 is 9.21 Å². The standard InChI is InChI=1S/C21H12Cl2N2O3S/c1-10-2-5-15-12(8-10)18(26)16-17(11-3-4-13(22)14(23)9-11)25(20(27)19(16)28-15)21-24-6-7-29-21/h2-9,17H,1H3. The predicted octanol–water partition coefficient (Wildman–Crippen LogP) is 5.61. The van der Waals surface area contributed by atoms with E-state index in [1.54, 1.807) is 41.9 Å². The van der Waals surface area contributed by atoms with E-state index in [1.807, 2.05) is 13.0 Å². The zero-order chi connectivity index (χ0) is 20.3. The van der Waals surface area contributed by atoms with Gasteiger partial charge in [0, 0.05) is 11.6 Å². The van der Waals surface area contributed by atoms with E-state index in [-0.39, 0.29) is 16.8 Å². The van der Waals surface area contributed by atoms with Gasteiger partial charge in [-0.3, -0.25) is 14.5 Å². The number of thiazole rings is 1. The molecular weight excluding hydrogens is 431 g/mol. The Morgan fingerprint density at radius 3 is 2.66 bits per heavy atom. The van der Waals surface area contributed by atoms with Crippen molar-refractivity contribution in [2.75, 3.05) is 4.90 Å². The summed E-state index contributed by atoms with van der Waals surface area (Å²) in [6, 6.07) is 9.67. The molecule has 0 fully saturated rings. The number of fused-ring (bicyclic) bond motifs is 2. The van der Waals surface area contributed by atoms with E-state index in [0.717, 1.165) is 5.56 Å². The van der Waals surface area contributed by atoms with Crippen LogP contribution in [0.15, 0.2) is 57.2 Å². The molecule has 144 valence electrons. The Kier molecular flexibility index (Phi) is 4.24. The van der Waals surface area contributed by atoms with Crippen LogP contribution in [0.3, 0.4) is 0 Å². The van der Waals surface area contributed by atoms with Gasteiger partial charge in [-0.25, -0.2) is 4.98 Å². The van der Waals surface area contributed by atoms with Crippen LogP contribution >= 0.6 is 34.5 Å². The first-order chi connectivity index (χ1) is 14.0. The summed E-state index contributed by atoms with van der Waals surface area (Å²) in [5, 5.41) is 3.40. The maximum absolute atomic E-state index is 13.5. The summed E-state index contributed by atoms with van der Waals surface area (Å²) in [5.74, 6) is -0.386. The minimum absolute atomic E-state index is 0.0256. The van der Waals surface area contributed by atoms with Crippen molar-refractivity contribution in [1.29, 1.82) is 0 Å². The zero-order valence-electron chi connectivity index (χ0n) is 15.0. The largest absolute Gasteiger partial charge is 0.450 e. The molecule has 0 bridgehead atoms. The van der Waals surface area contributed by atoms with Crippen LogP contribution in [0, 0.1) is 6.92 Å². The highest BCUT2D eigenvalue weighted by atomic mass is 35.5. The molecule has 1 aliphatic heterocycles. The molecular formula is C21H12Cl2N2O3S. The highest BCUT2D eigenvalue weighted by Crippen LogP contribution is 2.42. The van der Waals surface area contributed by atoms with Crippen molar-refractivity contribution in [2.24, 2.45) is 0 Å². The molecule has 29 heavy (non-hydrogen) atoms. The molecule has 0 aliphatic carbocycles. The fraction of sp³-hybridized carbons (Fsp3) is 0.0952. The SMILES string of the molecule is Cc1ccc2oc3c(c(=O)c2c1)C(c1ccc(Cl)c(Cl)c1)N(c1nccs1)C3=O. The number of halogens is 2. The van der Waals surface area contributed by atoms with Crippen molar-refractivity contribution in [3.05, 3.63) is 90.7 Å². The van der Waals surface area contributed by atoms with Gasteiger partial charge in [0.2, 0.25) is 5.76 Å². The van der Waals surface area contributed by atoms with Gasteiger partial charge in [-0.1, -0.05) is 40.9 Å². The summed E-state index contributed by atoms with van der Waals surface area (Å²) in [4.78, 5) is 32.5. The second kappa shape index (κ2) is 6.69. The zero-order valence-corrected chi connectivity index (χ0v) is 17.3.